The molecule has 1 heterocycles. The minimum Gasteiger partial charge on any atom is -0.355 e. The van der Waals surface area contributed by atoms with E-state index >= 15 is 0 Å². The Labute approximate surface area is 145 Å². The first-order valence-electron chi connectivity index (χ1n) is 7.56. The van der Waals surface area contributed by atoms with Crippen LogP contribution in [-0.4, -0.2) is 11.1 Å². The van der Waals surface area contributed by atoms with E-state index in [9.17, 15) is 4.79 Å². The third-order valence-corrected chi connectivity index (χ3v) is 4.00. The molecule has 3 rings (SSSR count). The van der Waals surface area contributed by atoms with Gasteiger partial charge in [0.25, 0.3) is 5.91 Å². The summed E-state index contributed by atoms with van der Waals surface area (Å²) in [5.74, 6) is 0.196. The number of nitrogens with one attached hydrogen (secondary N) is 1. The number of rotatable bonds is 3. The van der Waals surface area contributed by atoms with Crippen LogP contribution in [0.25, 0.3) is 11.3 Å². The number of nitrogens with zero attached hydrogens (tertiary/aromatic N) is 1. The first-order valence-corrected chi connectivity index (χ1v) is 7.93. The van der Waals surface area contributed by atoms with Crippen molar-refractivity contribution in [2.45, 2.75) is 20.8 Å². The van der Waals surface area contributed by atoms with Crippen molar-refractivity contribution >= 4 is 23.2 Å². The number of carbonyl (C=O) groups excluding carboxylic acids is 1. The highest BCUT2D eigenvalue weighted by Gasteiger charge is 2.16. The van der Waals surface area contributed by atoms with Crippen molar-refractivity contribution in [1.29, 1.82) is 0 Å². The monoisotopic (exact) mass is 340 g/mol. The molecule has 2 aromatic carbocycles. The molecule has 0 unspecified atom stereocenters. The summed E-state index contributed by atoms with van der Waals surface area (Å²) in [4.78, 5) is 12.5. The van der Waals surface area contributed by atoms with Gasteiger partial charge in [0.1, 0.15) is 0 Å². The van der Waals surface area contributed by atoms with Gasteiger partial charge in [0.15, 0.2) is 11.5 Å². The van der Waals surface area contributed by atoms with Gasteiger partial charge in [0.2, 0.25) is 0 Å². The van der Waals surface area contributed by atoms with Crippen LogP contribution < -0.4 is 5.32 Å². The van der Waals surface area contributed by atoms with Gasteiger partial charge in [0.05, 0.1) is 0 Å². The number of benzene rings is 2. The van der Waals surface area contributed by atoms with Gasteiger partial charge in [-0.3, -0.25) is 4.79 Å². The number of aryl methyl sites for hydroxylation is 3. The summed E-state index contributed by atoms with van der Waals surface area (Å²) < 4.78 is 5.27. The smallest absolute Gasteiger partial charge is 0.277 e. The van der Waals surface area contributed by atoms with Gasteiger partial charge >= 0.3 is 0 Å². The van der Waals surface area contributed by atoms with Gasteiger partial charge in [-0.25, -0.2) is 0 Å². The lowest BCUT2D eigenvalue weighted by molar-refractivity contribution is 0.101. The van der Waals surface area contributed by atoms with Crippen LogP contribution in [0.15, 0.2) is 47.0 Å². The summed E-state index contributed by atoms with van der Waals surface area (Å²) in [7, 11) is 0. The Morgan fingerprint density at radius 1 is 1.08 bits per heavy atom. The van der Waals surface area contributed by atoms with Gasteiger partial charge < -0.3 is 9.84 Å². The van der Waals surface area contributed by atoms with E-state index in [0.29, 0.717) is 10.8 Å². The van der Waals surface area contributed by atoms with Crippen LogP contribution in [0.4, 0.5) is 5.69 Å². The van der Waals surface area contributed by atoms with Gasteiger partial charge in [0, 0.05) is 22.3 Å². The van der Waals surface area contributed by atoms with Gasteiger partial charge in [-0.15, -0.1) is 0 Å². The molecule has 122 valence electrons. The number of aromatic nitrogens is 1. The van der Waals surface area contributed by atoms with Crippen LogP contribution in [0.1, 0.15) is 27.2 Å². The quantitative estimate of drug-likeness (QED) is 0.715. The van der Waals surface area contributed by atoms with Crippen LogP contribution in [0.3, 0.4) is 0 Å². The van der Waals surface area contributed by atoms with Crippen LogP contribution in [0, 0.1) is 20.8 Å². The van der Waals surface area contributed by atoms with Crippen molar-refractivity contribution in [3.05, 3.63) is 69.9 Å². The zero-order chi connectivity index (χ0) is 17.3. The van der Waals surface area contributed by atoms with Gasteiger partial charge in [-0.1, -0.05) is 46.6 Å². The fourth-order valence-electron chi connectivity index (χ4n) is 2.71. The topological polar surface area (TPSA) is 55.1 Å². The third-order valence-electron chi connectivity index (χ3n) is 3.77. The minimum absolute atomic E-state index is 0.226. The highest BCUT2D eigenvalue weighted by atomic mass is 35.5. The maximum atomic E-state index is 12.5. The molecule has 0 saturated heterocycles. The molecular weight excluding hydrogens is 324 g/mol. The maximum Gasteiger partial charge on any atom is 0.277 e. The Morgan fingerprint density at radius 2 is 1.79 bits per heavy atom. The molecular formula is C19H17ClN2O2. The second-order valence-corrected chi connectivity index (χ2v) is 6.25. The molecule has 0 aliphatic heterocycles. The van der Waals surface area contributed by atoms with Crippen LogP contribution >= 0.6 is 11.6 Å². The molecule has 0 atom stereocenters. The predicted molar refractivity (Wildman–Crippen MR) is 95.6 cm³/mol. The summed E-state index contributed by atoms with van der Waals surface area (Å²) in [5.41, 5.74) is 4.99. The number of anilines is 1. The van der Waals surface area contributed by atoms with Crippen LogP contribution in [-0.2, 0) is 0 Å². The molecule has 1 aromatic heterocycles. The molecule has 0 aliphatic rings. The van der Waals surface area contributed by atoms with Gasteiger partial charge in [-0.05, 0) is 44.0 Å². The van der Waals surface area contributed by atoms with Crippen LogP contribution in [0.2, 0.25) is 5.02 Å². The molecule has 4 nitrogen and oxygen atoms in total. The predicted octanol–water partition coefficient (Wildman–Crippen LogP) is 5.17. The fourth-order valence-corrected chi connectivity index (χ4v) is 2.91. The Bertz CT molecular complexity index is 892. The highest BCUT2D eigenvalue weighted by molar-refractivity contribution is 6.30. The van der Waals surface area contributed by atoms with Crippen molar-refractivity contribution in [3.63, 3.8) is 0 Å². The molecule has 24 heavy (non-hydrogen) atoms. The van der Waals surface area contributed by atoms with E-state index in [2.05, 4.69) is 10.5 Å². The van der Waals surface area contributed by atoms with E-state index < -0.39 is 0 Å². The number of amides is 1. The zero-order valence-corrected chi connectivity index (χ0v) is 14.4. The normalized spacial score (nSPS) is 10.7. The largest absolute Gasteiger partial charge is 0.355 e. The van der Waals surface area contributed by atoms with Crippen molar-refractivity contribution < 1.29 is 9.32 Å². The molecule has 0 fully saturated rings. The zero-order valence-electron chi connectivity index (χ0n) is 13.7. The van der Waals surface area contributed by atoms with E-state index in [1.165, 1.54) is 0 Å². The molecule has 0 saturated carbocycles. The summed E-state index contributed by atoms with van der Waals surface area (Å²) in [6.45, 7) is 5.96. The summed E-state index contributed by atoms with van der Waals surface area (Å²) >= 11 is 5.98. The Hall–Kier alpha value is -2.59. The average molecular weight is 341 g/mol. The van der Waals surface area contributed by atoms with E-state index in [-0.39, 0.29) is 11.6 Å². The first-order chi connectivity index (χ1) is 11.4. The second-order valence-electron chi connectivity index (χ2n) is 5.81. The lowest BCUT2D eigenvalue weighted by atomic mass is 10.0. The fraction of sp³-hybridized carbons (Fsp3) is 0.158. The highest BCUT2D eigenvalue weighted by Crippen LogP contribution is 2.25. The first kappa shape index (κ1) is 16.3. The molecule has 5 heteroatoms. The number of halogens is 1. The Balaban J connectivity index is 1.85. The molecule has 0 radical (unpaired) electrons. The minimum atomic E-state index is -0.304. The summed E-state index contributed by atoms with van der Waals surface area (Å²) in [6, 6.07) is 12.9. The van der Waals surface area contributed by atoms with E-state index in [1.54, 1.807) is 18.2 Å². The Morgan fingerprint density at radius 3 is 2.46 bits per heavy atom. The van der Waals surface area contributed by atoms with E-state index in [1.807, 2.05) is 45.0 Å². The van der Waals surface area contributed by atoms with E-state index in [0.717, 1.165) is 27.9 Å². The van der Waals surface area contributed by atoms with E-state index in [4.69, 9.17) is 16.1 Å². The summed E-state index contributed by atoms with van der Waals surface area (Å²) in [6.07, 6.45) is 0. The number of carbonyl (C=O) groups is 1. The molecule has 3 aromatic rings. The number of hydrogen-bond acceptors (Lipinski definition) is 3. The van der Waals surface area contributed by atoms with Crippen molar-refractivity contribution in [3.8, 4) is 11.3 Å². The molecule has 0 spiro atoms. The second kappa shape index (κ2) is 6.49. The number of hydrogen-bond donors (Lipinski definition) is 1. The molecule has 0 aliphatic carbocycles. The van der Waals surface area contributed by atoms with Crippen molar-refractivity contribution in [2.75, 3.05) is 5.32 Å². The Kier molecular flexibility index (Phi) is 4.40. The lowest BCUT2D eigenvalue weighted by Gasteiger charge is -2.11. The molecule has 1 N–H and O–H groups in total. The average Bonchev–Trinajstić information content (AvgIpc) is 3.00. The standard InChI is InChI=1S/C19H17ClN2O2/c1-11-7-12(2)18(13(3)8-11)21-19(23)16-10-17(24-22-16)14-5-4-6-15(20)9-14/h4-10H,1-3H3,(H,21,23). The van der Waals surface area contributed by atoms with Crippen molar-refractivity contribution in [2.24, 2.45) is 0 Å². The molecule has 0 bridgehead atoms. The van der Waals surface area contributed by atoms with Gasteiger partial charge in [-0.2, -0.15) is 0 Å². The van der Waals surface area contributed by atoms with Crippen molar-refractivity contribution in [1.82, 2.24) is 5.16 Å². The summed E-state index contributed by atoms with van der Waals surface area (Å²) in [5, 5.41) is 7.37. The lowest BCUT2D eigenvalue weighted by Crippen LogP contribution is -2.14. The third kappa shape index (κ3) is 3.34. The maximum absolute atomic E-state index is 12.5. The molecule has 1 amide bonds. The van der Waals surface area contributed by atoms with Crippen LogP contribution in [0.5, 0.6) is 0 Å². The SMILES string of the molecule is Cc1cc(C)c(NC(=O)c2cc(-c3cccc(Cl)c3)on2)c(C)c1.